The van der Waals surface area contributed by atoms with E-state index in [1.807, 2.05) is 0 Å². The van der Waals surface area contributed by atoms with Crippen LogP contribution in [0, 0.1) is 33.6 Å². The van der Waals surface area contributed by atoms with Gasteiger partial charge in [-0.3, -0.25) is 0 Å². The first kappa shape index (κ1) is 13.2. The van der Waals surface area contributed by atoms with Crippen LogP contribution in [0.4, 0.5) is 0 Å². The summed E-state index contributed by atoms with van der Waals surface area (Å²) < 4.78 is 0. The molecular weight excluding hydrogens is 196 g/mol. The van der Waals surface area contributed by atoms with Gasteiger partial charge >= 0.3 is 0 Å². The van der Waals surface area contributed by atoms with Crippen molar-refractivity contribution in [2.45, 2.75) is 47.5 Å². The fraction of sp³-hybridized carbons (Fsp3) is 0.600. The predicted molar refractivity (Wildman–Crippen MR) is 70.1 cm³/mol. The summed E-state index contributed by atoms with van der Waals surface area (Å²) in [5, 5.41) is 9.58. The zero-order valence-electron chi connectivity index (χ0n) is 11.4. The summed E-state index contributed by atoms with van der Waals surface area (Å²) in [5.41, 5.74) is 6.70. The van der Waals surface area contributed by atoms with Gasteiger partial charge in [0.1, 0.15) is 0 Å². The first-order chi connectivity index (χ1) is 7.40. The van der Waals surface area contributed by atoms with Crippen LogP contribution in [0.1, 0.15) is 47.6 Å². The van der Waals surface area contributed by atoms with Crippen molar-refractivity contribution in [3.05, 3.63) is 33.9 Å². The van der Waals surface area contributed by atoms with Crippen molar-refractivity contribution in [3.8, 4) is 0 Å². The van der Waals surface area contributed by atoms with Crippen molar-refractivity contribution >= 4 is 0 Å². The number of benzene rings is 1. The molecule has 1 rings (SSSR count). The number of aryl methyl sites for hydroxylation is 2. The van der Waals surface area contributed by atoms with Gasteiger partial charge in [0.05, 0.1) is 6.61 Å². The third-order valence-electron chi connectivity index (χ3n) is 3.80. The van der Waals surface area contributed by atoms with E-state index < -0.39 is 0 Å². The molecule has 0 aromatic heterocycles. The molecule has 0 heterocycles. The van der Waals surface area contributed by atoms with E-state index in [9.17, 15) is 5.11 Å². The molecule has 1 unspecified atom stereocenters. The molecule has 1 aromatic rings. The van der Waals surface area contributed by atoms with Crippen molar-refractivity contribution in [2.75, 3.05) is 6.61 Å². The summed E-state index contributed by atoms with van der Waals surface area (Å²) in [6.45, 7) is 13.2. The van der Waals surface area contributed by atoms with E-state index in [-0.39, 0.29) is 12.5 Å². The molecule has 1 nitrogen and oxygen atoms in total. The van der Waals surface area contributed by atoms with E-state index in [2.05, 4.69) is 47.6 Å². The molecule has 0 bridgehead atoms. The number of hydrogen-bond acceptors (Lipinski definition) is 1. The minimum absolute atomic E-state index is 0.238. The van der Waals surface area contributed by atoms with Gasteiger partial charge < -0.3 is 5.11 Å². The zero-order valence-corrected chi connectivity index (χ0v) is 11.4. The molecule has 0 aliphatic heterocycles. The lowest BCUT2D eigenvalue weighted by Crippen LogP contribution is -2.15. The SMILES string of the molecule is Cc1cc(C)c(C)c(C(CO)C(C)C)c1C. The second-order valence-corrected chi connectivity index (χ2v) is 5.21. The quantitative estimate of drug-likeness (QED) is 0.824. The Morgan fingerprint density at radius 2 is 1.44 bits per heavy atom. The average Bonchev–Trinajstić information content (AvgIpc) is 2.21. The Balaban J connectivity index is 3.41. The summed E-state index contributed by atoms with van der Waals surface area (Å²) in [6, 6.07) is 2.24. The first-order valence-electron chi connectivity index (χ1n) is 6.08. The third-order valence-corrected chi connectivity index (χ3v) is 3.80. The van der Waals surface area contributed by atoms with Crippen LogP contribution < -0.4 is 0 Å². The molecule has 0 aliphatic rings. The van der Waals surface area contributed by atoms with Crippen LogP contribution in [0.25, 0.3) is 0 Å². The van der Waals surface area contributed by atoms with Gasteiger partial charge in [0, 0.05) is 5.92 Å². The van der Waals surface area contributed by atoms with Gasteiger partial charge in [-0.25, -0.2) is 0 Å². The van der Waals surface area contributed by atoms with Gasteiger partial charge in [0.25, 0.3) is 0 Å². The van der Waals surface area contributed by atoms with Crippen LogP contribution in [-0.4, -0.2) is 11.7 Å². The molecule has 1 N–H and O–H groups in total. The zero-order chi connectivity index (χ0) is 12.5. The third kappa shape index (κ3) is 2.30. The normalized spacial score (nSPS) is 13.2. The average molecular weight is 220 g/mol. The number of hydrogen-bond donors (Lipinski definition) is 1. The molecular formula is C15H24O. The van der Waals surface area contributed by atoms with Crippen molar-refractivity contribution < 1.29 is 5.11 Å². The lowest BCUT2D eigenvalue weighted by molar-refractivity contribution is 0.236. The van der Waals surface area contributed by atoms with Crippen molar-refractivity contribution in [1.29, 1.82) is 0 Å². The predicted octanol–water partition coefficient (Wildman–Crippen LogP) is 3.65. The molecule has 1 atom stereocenters. The second-order valence-electron chi connectivity index (χ2n) is 5.21. The lowest BCUT2D eigenvalue weighted by Gasteiger charge is -2.25. The van der Waals surface area contributed by atoms with Crippen LogP contribution in [0.3, 0.4) is 0 Å². The van der Waals surface area contributed by atoms with E-state index in [0.717, 1.165) is 0 Å². The summed E-state index contributed by atoms with van der Waals surface area (Å²) in [5.74, 6) is 0.738. The standard InChI is InChI=1S/C15H24O/c1-9(2)14(8-16)15-12(5)10(3)7-11(4)13(15)6/h7,9,14,16H,8H2,1-6H3. The maximum absolute atomic E-state index is 9.58. The Morgan fingerprint density at radius 3 is 1.75 bits per heavy atom. The highest BCUT2D eigenvalue weighted by molar-refractivity contribution is 5.46. The van der Waals surface area contributed by atoms with E-state index in [1.54, 1.807) is 0 Å². The van der Waals surface area contributed by atoms with E-state index in [1.165, 1.54) is 27.8 Å². The highest BCUT2D eigenvalue weighted by atomic mass is 16.3. The van der Waals surface area contributed by atoms with E-state index in [0.29, 0.717) is 5.92 Å². The van der Waals surface area contributed by atoms with Crippen molar-refractivity contribution in [3.63, 3.8) is 0 Å². The highest BCUT2D eigenvalue weighted by Gasteiger charge is 2.20. The summed E-state index contributed by atoms with van der Waals surface area (Å²) in [6.07, 6.45) is 0. The second kappa shape index (κ2) is 5.01. The molecule has 0 fully saturated rings. The number of rotatable bonds is 3. The van der Waals surface area contributed by atoms with Gasteiger partial charge in [-0.1, -0.05) is 19.9 Å². The molecule has 0 amide bonds. The fourth-order valence-electron chi connectivity index (χ4n) is 2.44. The van der Waals surface area contributed by atoms with Crippen LogP contribution >= 0.6 is 0 Å². The van der Waals surface area contributed by atoms with E-state index in [4.69, 9.17) is 0 Å². The highest BCUT2D eigenvalue weighted by Crippen LogP contribution is 2.32. The van der Waals surface area contributed by atoms with Gasteiger partial charge in [-0.2, -0.15) is 0 Å². The molecule has 0 aliphatic carbocycles. The van der Waals surface area contributed by atoms with Gasteiger partial charge in [0.15, 0.2) is 0 Å². The van der Waals surface area contributed by atoms with Crippen molar-refractivity contribution in [1.82, 2.24) is 0 Å². The Bertz CT molecular complexity index is 351. The Morgan fingerprint density at radius 1 is 1.00 bits per heavy atom. The number of aliphatic hydroxyl groups excluding tert-OH is 1. The monoisotopic (exact) mass is 220 g/mol. The molecule has 0 spiro atoms. The molecule has 0 radical (unpaired) electrons. The summed E-state index contributed by atoms with van der Waals surface area (Å²) >= 11 is 0. The van der Waals surface area contributed by atoms with Crippen LogP contribution in [0.15, 0.2) is 6.07 Å². The minimum atomic E-state index is 0.238. The summed E-state index contributed by atoms with van der Waals surface area (Å²) in [4.78, 5) is 0. The van der Waals surface area contributed by atoms with Crippen molar-refractivity contribution in [2.24, 2.45) is 5.92 Å². The smallest absolute Gasteiger partial charge is 0.0502 e. The van der Waals surface area contributed by atoms with Gasteiger partial charge in [-0.05, 0) is 61.4 Å². The Kier molecular flexibility index (Phi) is 4.15. The maximum atomic E-state index is 9.58. The van der Waals surface area contributed by atoms with Gasteiger partial charge in [-0.15, -0.1) is 0 Å². The largest absolute Gasteiger partial charge is 0.396 e. The summed E-state index contributed by atoms with van der Waals surface area (Å²) in [7, 11) is 0. The molecule has 0 saturated heterocycles. The molecule has 0 saturated carbocycles. The fourth-order valence-corrected chi connectivity index (χ4v) is 2.44. The van der Waals surface area contributed by atoms with Crippen LogP contribution in [-0.2, 0) is 0 Å². The van der Waals surface area contributed by atoms with Crippen LogP contribution in [0.2, 0.25) is 0 Å². The first-order valence-corrected chi connectivity index (χ1v) is 6.08. The minimum Gasteiger partial charge on any atom is -0.396 e. The Labute approximate surface area is 99.5 Å². The number of aliphatic hydroxyl groups is 1. The molecule has 90 valence electrons. The maximum Gasteiger partial charge on any atom is 0.0502 e. The topological polar surface area (TPSA) is 20.2 Å². The molecule has 16 heavy (non-hydrogen) atoms. The lowest BCUT2D eigenvalue weighted by atomic mass is 9.81. The van der Waals surface area contributed by atoms with E-state index >= 15 is 0 Å². The van der Waals surface area contributed by atoms with Crippen LogP contribution in [0.5, 0.6) is 0 Å². The molecule has 1 aromatic carbocycles. The Hall–Kier alpha value is -0.820. The van der Waals surface area contributed by atoms with Gasteiger partial charge in [0.2, 0.25) is 0 Å². The molecule has 1 heteroatoms.